The average Bonchev–Trinajstić information content (AvgIpc) is 2.86. The third-order valence-corrected chi connectivity index (χ3v) is 2.73. The Morgan fingerprint density at radius 3 is 2.83 bits per heavy atom. The zero-order valence-electron chi connectivity index (χ0n) is 10.4. The molecule has 0 aliphatic rings. The van der Waals surface area contributed by atoms with Crippen molar-refractivity contribution >= 4 is 0 Å². The summed E-state index contributed by atoms with van der Waals surface area (Å²) >= 11 is 0. The number of rotatable bonds is 5. The maximum atomic E-state index is 10.1. The molecule has 2 rings (SSSR count). The molecule has 2 aromatic rings. The molecule has 2 aromatic heterocycles. The molecule has 96 valence electrons. The van der Waals surface area contributed by atoms with Gasteiger partial charge in [0.15, 0.2) is 0 Å². The summed E-state index contributed by atoms with van der Waals surface area (Å²) in [4.78, 5) is 4.22. The Morgan fingerprint density at radius 2 is 2.22 bits per heavy atom. The van der Waals surface area contributed by atoms with Crippen LogP contribution in [0.5, 0.6) is 5.88 Å². The first-order valence-corrected chi connectivity index (χ1v) is 5.80. The van der Waals surface area contributed by atoms with Crippen LogP contribution >= 0.6 is 0 Å². The van der Waals surface area contributed by atoms with Crippen LogP contribution in [-0.4, -0.2) is 32.0 Å². The van der Waals surface area contributed by atoms with Crippen LogP contribution < -0.4 is 4.74 Å². The van der Waals surface area contributed by atoms with E-state index in [9.17, 15) is 5.11 Å². The monoisotopic (exact) mass is 248 g/mol. The topological polar surface area (TPSA) is 73.1 Å². The summed E-state index contributed by atoms with van der Waals surface area (Å²) in [5.74, 6) is 1.27. The lowest BCUT2D eigenvalue weighted by atomic mass is 10.1. The van der Waals surface area contributed by atoms with Gasteiger partial charge in [-0.15, -0.1) is 10.2 Å². The number of imidazole rings is 1. The van der Waals surface area contributed by atoms with Crippen LogP contribution in [0.1, 0.15) is 24.5 Å². The minimum atomic E-state index is -0.712. The lowest BCUT2D eigenvalue weighted by Gasteiger charge is -2.10. The molecule has 0 spiro atoms. The van der Waals surface area contributed by atoms with Gasteiger partial charge in [0, 0.05) is 31.4 Å². The van der Waals surface area contributed by atoms with Gasteiger partial charge in [0.05, 0.1) is 12.8 Å². The van der Waals surface area contributed by atoms with E-state index in [1.165, 1.54) is 7.11 Å². The zero-order valence-corrected chi connectivity index (χ0v) is 10.4. The van der Waals surface area contributed by atoms with E-state index < -0.39 is 6.10 Å². The van der Waals surface area contributed by atoms with Crippen molar-refractivity contribution in [3.63, 3.8) is 0 Å². The Labute approximate surface area is 105 Å². The predicted octanol–water partition coefficient (Wildman–Crippen LogP) is 0.978. The van der Waals surface area contributed by atoms with Crippen LogP contribution in [-0.2, 0) is 13.0 Å². The summed E-state index contributed by atoms with van der Waals surface area (Å²) in [6, 6.07) is 3.38. The van der Waals surface area contributed by atoms with Gasteiger partial charge < -0.3 is 14.4 Å². The number of methoxy groups -OCH3 is 1. The van der Waals surface area contributed by atoms with Crippen LogP contribution in [0.25, 0.3) is 0 Å². The zero-order chi connectivity index (χ0) is 13.0. The quantitative estimate of drug-likeness (QED) is 0.853. The third kappa shape index (κ3) is 2.65. The Balaban J connectivity index is 2.09. The van der Waals surface area contributed by atoms with Gasteiger partial charge in [-0.2, -0.15) is 0 Å². The first-order valence-electron chi connectivity index (χ1n) is 5.80. The molecule has 0 radical (unpaired) electrons. The minimum absolute atomic E-state index is 0.419. The van der Waals surface area contributed by atoms with E-state index in [2.05, 4.69) is 15.2 Å². The highest BCUT2D eigenvalue weighted by molar-refractivity contribution is 5.14. The lowest BCUT2D eigenvalue weighted by molar-refractivity contribution is 0.168. The van der Waals surface area contributed by atoms with E-state index in [-0.39, 0.29) is 0 Å². The molecule has 0 aliphatic heterocycles. The maximum Gasteiger partial charge on any atom is 0.233 e. The van der Waals surface area contributed by atoms with Gasteiger partial charge in [-0.25, -0.2) is 4.98 Å². The van der Waals surface area contributed by atoms with Gasteiger partial charge in [-0.1, -0.05) is 0 Å². The Kier molecular flexibility index (Phi) is 3.88. The van der Waals surface area contributed by atoms with Gasteiger partial charge in [0.1, 0.15) is 11.9 Å². The van der Waals surface area contributed by atoms with E-state index >= 15 is 0 Å². The van der Waals surface area contributed by atoms with Crippen LogP contribution in [0, 0.1) is 0 Å². The van der Waals surface area contributed by atoms with Crippen molar-refractivity contribution in [1.82, 2.24) is 19.7 Å². The van der Waals surface area contributed by atoms with Crippen molar-refractivity contribution in [2.45, 2.75) is 26.0 Å². The smallest absolute Gasteiger partial charge is 0.233 e. The molecular formula is C12H16N4O2. The molecule has 6 heteroatoms. The van der Waals surface area contributed by atoms with Gasteiger partial charge in [-0.05, 0) is 13.0 Å². The Hall–Kier alpha value is -1.95. The average molecular weight is 248 g/mol. The Bertz CT molecular complexity index is 495. The maximum absolute atomic E-state index is 10.1. The normalized spacial score (nSPS) is 12.4. The van der Waals surface area contributed by atoms with Crippen molar-refractivity contribution in [2.24, 2.45) is 0 Å². The van der Waals surface area contributed by atoms with Crippen molar-refractivity contribution in [1.29, 1.82) is 0 Å². The fourth-order valence-corrected chi connectivity index (χ4v) is 1.71. The van der Waals surface area contributed by atoms with E-state index in [1.54, 1.807) is 18.3 Å². The number of aryl methyl sites for hydroxylation is 1. The van der Waals surface area contributed by atoms with E-state index in [4.69, 9.17) is 4.74 Å². The fraction of sp³-hybridized carbons (Fsp3) is 0.417. The van der Waals surface area contributed by atoms with Crippen LogP contribution in [0.4, 0.5) is 0 Å². The Morgan fingerprint density at radius 1 is 1.39 bits per heavy atom. The number of aromatic nitrogens is 4. The number of hydrogen-bond acceptors (Lipinski definition) is 5. The van der Waals surface area contributed by atoms with Crippen LogP contribution in [0.15, 0.2) is 24.5 Å². The van der Waals surface area contributed by atoms with Crippen molar-refractivity contribution in [2.75, 3.05) is 7.11 Å². The molecule has 0 saturated carbocycles. The fourth-order valence-electron chi connectivity index (χ4n) is 1.71. The summed E-state index contributed by atoms with van der Waals surface area (Å²) in [7, 11) is 1.53. The van der Waals surface area contributed by atoms with Crippen LogP contribution in [0.3, 0.4) is 0 Å². The number of aliphatic hydroxyl groups is 1. The number of aliphatic hydroxyl groups excluding tert-OH is 1. The third-order valence-electron chi connectivity index (χ3n) is 2.73. The first-order chi connectivity index (χ1) is 8.74. The minimum Gasteiger partial charge on any atom is -0.480 e. The molecular weight excluding hydrogens is 232 g/mol. The molecule has 0 saturated heterocycles. The summed E-state index contributed by atoms with van der Waals surface area (Å²) in [5, 5.41) is 17.8. The summed E-state index contributed by atoms with van der Waals surface area (Å²) < 4.78 is 6.91. The van der Waals surface area contributed by atoms with Crippen LogP contribution in [0.2, 0.25) is 0 Å². The predicted molar refractivity (Wildman–Crippen MR) is 65.1 cm³/mol. The number of nitrogens with zero attached hydrogens (tertiary/aromatic N) is 4. The SMILES string of the molecule is CCn1ccnc1CC(O)c1ccc(OC)nn1. The van der Waals surface area contributed by atoms with Crippen molar-refractivity contribution < 1.29 is 9.84 Å². The van der Waals surface area contributed by atoms with Gasteiger partial charge in [-0.3, -0.25) is 0 Å². The number of hydrogen-bond donors (Lipinski definition) is 1. The summed E-state index contributed by atoms with van der Waals surface area (Å²) in [6.45, 7) is 2.86. The van der Waals surface area contributed by atoms with Gasteiger partial charge >= 0.3 is 0 Å². The molecule has 18 heavy (non-hydrogen) atoms. The van der Waals surface area contributed by atoms with Crippen molar-refractivity contribution in [3.8, 4) is 5.88 Å². The molecule has 0 fully saturated rings. The molecule has 0 amide bonds. The molecule has 6 nitrogen and oxygen atoms in total. The standard InChI is InChI=1S/C12H16N4O2/c1-3-16-7-6-13-11(16)8-10(17)9-4-5-12(18-2)15-14-9/h4-7,10,17H,3,8H2,1-2H3. The van der Waals surface area contributed by atoms with E-state index in [0.717, 1.165) is 12.4 Å². The molecule has 1 atom stereocenters. The second kappa shape index (κ2) is 5.59. The molecule has 2 heterocycles. The van der Waals surface area contributed by atoms with E-state index in [1.807, 2.05) is 17.7 Å². The van der Waals surface area contributed by atoms with Gasteiger partial charge in [0.25, 0.3) is 0 Å². The van der Waals surface area contributed by atoms with Crippen molar-refractivity contribution in [3.05, 3.63) is 36.0 Å². The number of ether oxygens (including phenoxy) is 1. The lowest BCUT2D eigenvalue weighted by Crippen LogP contribution is -2.10. The second-order valence-corrected chi connectivity index (χ2v) is 3.85. The summed E-state index contributed by atoms with van der Waals surface area (Å²) in [6.07, 6.45) is 3.32. The molecule has 1 N–H and O–H groups in total. The second-order valence-electron chi connectivity index (χ2n) is 3.85. The highest BCUT2D eigenvalue weighted by atomic mass is 16.5. The molecule has 0 bridgehead atoms. The largest absolute Gasteiger partial charge is 0.480 e. The molecule has 0 aromatic carbocycles. The first kappa shape index (κ1) is 12.5. The molecule has 1 unspecified atom stereocenters. The van der Waals surface area contributed by atoms with E-state index in [0.29, 0.717) is 18.0 Å². The highest BCUT2D eigenvalue weighted by Gasteiger charge is 2.14. The highest BCUT2D eigenvalue weighted by Crippen LogP contribution is 2.16. The van der Waals surface area contributed by atoms with Gasteiger partial charge in [0.2, 0.25) is 5.88 Å². The molecule has 0 aliphatic carbocycles. The summed E-state index contributed by atoms with van der Waals surface area (Å²) in [5.41, 5.74) is 0.515.